The van der Waals surface area contributed by atoms with E-state index in [2.05, 4.69) is 20.8 Å². The second-order valence-electron chi connectivity index (χ2n) is 7.28. The molecule has 4 heterocycles. The van der Waals surface area contributed by atoms with Crippen molar-refractivity contribution in [3.05, 3.63) is 60.7 Å². The summed E-state index contributed by atoms with van der Waals surface area (Å²) in [6.45, 7) is 1.94. The van der Waals surface area contributed by atoms with Gasteiger partial charge in [0.15, 0.2) is 0 Å². The Bertz CT molecular complexity index is 942. The predicted molar refractivity (Wildman–Crippen MR) is 103 cm³/mol. The van der Waals surface area contributed by atoms with Gasteiger partial charge in [-0.05, 0) is 24.6 Å². The maximum atomic E-state index is 13.0. The number of hydrogen-bond acceptors (Lipinski definition) is 6. The van der Waals surface area contributed by atoms with Crippen molar-refractivity contribution in [3.63, 3.8) is 0 Å². The molecule has 0 saturated carbocycles. The Morgan fingerprint density at radius 3 is 2.96 bits per heavy atom. The molecule has 0 bridgehead atoms. The SMILES string of the molecule is O=C(c1cn2cccnc2n1)N1CCC2NNC(COc3ccccc3)C2C1. The zero-order valence-corrected chi connectivity index (χ0v) is 15.4. The van der Waals surface area contributed by atoms with Crippen LogP contribution < -0.4 is 15.6 Å². The van der Waals surface area contributed by atoms with E-state index in [4.69, 9.17) is 4.74 Å². The number of ether oxygens (including phenoxy) is 1. The fourth-order valence-corrected chi connectivity index (χ4v) is 4.04. The van der Waals surface area contributed by atoms with Crippen LogP contribution in [0.4, 0.5) is 0 Å². The van der Waals surface area contributed by atoms with Crippen molar-refractivity contribution in [1.29, 1.82) is 0 Å². The lowest BCUT2D eigenvalue weighted by molar-refractivity contribution is 0.0635. The molecule has 144 valence electrons. The quantitative estimate of drug-likeness (QED) is 0.708. The number of hydrazine groups is 1. The van der Waals surface area contributed by atoms with Crippen LogP contribution >= 0.6 is 0 Å². The number of imidazole rings is 1. The number of rotatable bonds is 4. The lowest BCUT2D eigenvalue weighted by atomic mass is 9.88. The molecule has 2 aliphatic rings. The maximum Gasteiger partial charge on any atom is 0.274 e. The summed E-state index contributed by atoms with van der Waals surface area (Å²) >= 11 is 0. The fourth-order valence-electron chi connectivity index (χ4n) is 4.04. The highest BCUT2D eigenvalue weighted by Gasteiger charge is 2.41. The number of likely N-dealkylation sites (tertiary alicyclic amines) is 1. The number of para-hydroxylation sites is 1. The Balaban J connectivity index is 1.27. The summed E-state index contributed by atoms with van der Waals surface area (Å²) in [5, 5.41) is 0. The van der Waals surface area contributed by atoms with Gasteiger partial charge in [-0.15, -0.1) is 0 Å². The van der Waals surface area contributed by atoms with E-state index >= 15 is 0 Å². The summed E-state index contributed by atoms with van der Waals surface area (Å²) in [4.78, 5) is 23.5. The van der Waals surface area contributed by atoms with E-state index in [1.54, 1.807) is 16.8 Å². The molecule has 2 N–H and O–H groups in total. The first kappa shape index (κ1) is 17.2. The number of carbonyl (C=O) groups is 1. The average Bonchev–Trinajstić information content (AvgIpc) is 3.36. The highest BCUT2D eigenvalue weighted by Crippen LogP contribution is 2.26. The Morgan fingerprint density at radius 2 is 2.11 bits per heavy atom. The molecule has 8 nitrogen and oxygen atoms in total. The van der Waals surface area contributed by atoms with Crippen molar-refractivity contribution in [2.24, 2.45) is 5.92 Å². The molecule has 28 heavy (non-hydrogen) atoms. The molecule has 0 aliphatic carbocycles. The van der Waals surface area contributed by atoms with Crippen LogP contribution in [0.1, 0.15) is 16.9 Å². The molecular weight excluding hydrogens is 356 g/mol. The summed E-state index contributed by atoms with van der Waals surface area (Å²) in [7, 11) is 0. The Kier molecular flexibility index (Phi) is 4.42. The monoisotopic (exact) mass is 378 g/mol. The molecule has 5 rings (SSSR count). The van der Waals surface area contributed by atoms with Crippen molar-refractivity contribution in [2.45, 2.75) is 18.5 Å². The second-order valence-corrected chi connectivity index (χ2v) is 7.28. The average molecular weight is 378 g/mol. The van der Waals surface area contributed by atoms with Gasteiger partial charge >= 0.3 is 0 Å². The number of piperidine rings is 1. The summed E-state index contributed by atoms with van der Waals surface area (Å²) in [5.74, 6) is 1.64. The van der Waals surface area contributed by atoms with Crippen molar-refractivity contribution in [1.82, 2.24) is 30.1 Å². The zero-order chi connectivity index (χ0) is 18.9. The largest absolute Gasteiger partial charge is 0.492 e. The third-order valence-electron chi connectivity index (χ3n) is 5.54. The Hall–Kier alpha value is -2.97. The fraction of sp³-hybridized carbons (Fsp3) is 0.350. The van der Waals surface area contributed by atoms with Crippen LogP contribution in [0, 0.1) is 5.92 Å². The molecule has 1 aromatic carbocycles. The van der Waals surface area contributed by atoms with Crippen LogP contribution in [0.2, 0.25) is 0 Å². The van der Waals surface area contributed by atoms with E-state index in [-0.39, 0.29) is 17.9 Å². The molecule has 2 saturated heterocycles. The van der Waals surface area contributed by atoms with Crippen molar-refractivity contribution in [2.75, 3.05) is 19.7 Å². The number of amides is 1. The van der Waals surface area contributed by atoms with Gasteiger partial charge in [-0.1, -0.05) is 18.2 Å². The number of hydrogen-bond donors (Lipinski definition) is 2. The number of nitrogens with one attached hydrogen (secondary N) is 2. The van der Waals surface area contributed by atoms with E-state index in [0.717, 1.165) is 12.2 Å². The maximum absolute atomic E-state index is 13.0. The first-order chi connectivity index (χ1) is 13.8. The lowest BCUT2D eigenvalue weighted by Crippen LogP contribution is -2.49. The van der Waals surface area contributed by atoms with E-state index in [9.17, 15) is 4.79 Å². The summed E-state index contributed by atoms with van der Waals surface area (Å²) < 4.78 is 7.70. The van der Waals surface area contributed by atoms with Crippen molar-refractivity contribution < 1.29 is 9.53 Å². The van der Waals surface area contributed by atoms with Crippen LogP contribution in [0.5, 0.6) is 5.75 Å². The Morgan fingerprint density at radius 1 is 1.21 bits per heavy atom. The summed E-state index contributed by atoms with van der Waals surface area (Å²) in [6.07, 6.45) is 6.17. The predicted octanol–water partition coefficient (Wildman–Crippen LogP) is 1.12. The van der Waals surface area contributed by atoms with E-state index in [0.29, 0.717) is 37.2 Å². The van der Waals surface area contributed by atoms with Crippen LogP contribution in [-0.4, -0.2) is 57.0 Å². The molecule has 2 fully saturated rings. The summed E-state index contributed by atoms with van der Waals surface area (Å²) in [5.41, 5.74) is 7.15. The smallest absolute Gasteiger partial charge is 0.274 e. The molecule has 1 amide bonds. The molecule has 0 radical (unpaired) electrons. The topological polar surface area (TPSA) is 83.8 Å². The highest BCUT2D eigenvalue weighted by molar-refractivity contribution is 5.92. The van der Waals surface area contributed by atoms with Crippen LogP contribution in [0.3, 0.4) is 0 Å². The van der Waals surface area contributed by atoms with Crippen LogP contribution in [0.25, 0.3) is 5.78 Å². The molecular formula is C20H22N6O2. The first-order valence-electron chi connectivity index (χ1n) is 9.56. The number of carbonyl (C=O) groups excluding carboxylic acids is 1. The molecule has 2 aromatic heterocycles. The number of nitrogens with zero attached hydrogens (tertiary/aromatic N) is 4. The van der Waals surface area contributed by atoms with E-state index in [1.807, 2.05) is 47.5 Å². The van der Waals surface area contributed by atoms with Gasteiger partial charge in [0.1, 0.15) is 18.1 Å². The van der Waals surface area contributed by atoms with Crippen LogP contribution in [-0.2, 0) is 0 Å². The first-order valence-corrected chi connectivity index (χ1v) is 9.56. The standard InChI is InChI=1S/C20H22N6O2/c27-19(17-12-26-9-4-8-21-20(26)22-17)25-10-7-16-15(11-25)18(24-23-16)13-28-14-5-2-1-3-6-14/h1-6,8-9,12,15-16,18,23-24H,7,10-11,13H2. The van der Waals surface area contributed by atoms with E-state index in [1.165, 1.54) is 0 Å². The number of aromatic nitrogens is 3. The lowest BCUT2D eigenvalue weighted by Gasteiger charge is -2.35. The minimum absolute atomic E-state index is 0.0430. The van der Waals surface area contributed by atoms with E-state index < -0.39 is 0 Å². The molecule has 3 atom stereocenters. The third-order valence-corrected chi connectivity index (χ3v) is 5.54. The molecule has 3 aromatic rings. The van der Waals surface area contributed by atoms with Gasteiger partial charge in [0.25, 0.3) is 5.91 Å². The zero-order valence-electron chi connectivity index (χ0n) is 15.4. The van der Waals surface area contributed by atoms with Gasteiger partial charge in [0.05, 0.1) is 6.04 Å². The molecule has 2 aliphatic heterocycles. The minimum Gasteiger partial charge on any atom is -0.492 e. The van der Waals surface area contributed by atoms with Gasteiger partial charge in [-0.25, -0.2) is 9.97 Å². The Labute approximate surface area is 162 Å². The normalized spacial score (nSPS) is 24.3. The molecule has 3 unspecified atom stereocenters. The van der Waals surface area contributed by atoms with Crippen molar-refractivity contribution in [3.8, 4) is 5.75 Å². The molecule has 0 spiro atoms. The van der Waals surface area contributed by atoms with Crippen molar-refractivity contribution >= 4 is 11.7 Å². The van der Waals surface area contributed by atoms with Gasteiger partial charge in [0.2, 0.25) is 5.78 Å². The molecule has 8 heteroatoms. The second kappa shape index (κ2) is 7.21. The number of benzene rings is 1. The van der Waals surface area contributed by atoms with Crippen LogP contribution in [0.15, 0.2) is 55.0 Å². The highest BCUT2D eigenvalue weighted by atomic mass is 16.5. The van der Waals surface area contributed by atoms with Gasteiger partial charge in [-0.2, -0.15) is 0 Å². The van der Waals surface area contributed by atoms with Gasteiger partial charge in [0, 0.05) is 43.6 Å². The number of fused-ring (bicyclic) bond motifs is 2. The summed E-state index contributed by atoms with van der Waals surface area (Å²) in [6, 6.07) is 12.1. The third kappa shape index (κ3) is 3.21. The minimum atomic E-state index is -0.0430. The van der Waals surface area contributed by atoms with Gasteiger partial charge in [-0.3, -0.25) is 20.0 Å². The van der Waals surface area contributed by atoms with Gasteiger partial charge < -0.3 is 9.64 Å².